The SMILES string of the molecule is CNCC1CCCOC1c1ccccc1COC. The van der Waals surface area contributed by atoms with Gasteiger partial charge in [-0.05, 0) is 31.0 Å². The third kappa shape index (κ3) is 3.10. The van der Waals surface area contributed by atoms with Gasteiger partial charge in [0.25, 0.3) is 0 Å². The van der Waals surface area contributed by atoms with E-state index in [-0.39, 0.29) is 6.10 Å². The van der Waals surface area contributed by atoms with Crippen LogP contribution in [0.15, 0.2) is 24.3 Å². The molecule has 3 heteroatoms. The number of nitrogens with one attached hydrogen (secondary N) is 1. The summed E-state index contributed by atoms with van der Waals surface area (Å²) in [6.07, 6.45) is 2.60. The first-order chi connectivity index (χ1) is 8.86. The van der Waals surface area contributed by atoms with E-state index < -0.39 is 0 Å². The van der Waals surface area contributed by atoms with Crippen molar-refractivity contribution in [2.75, 3.05) is 27.3 Å². The second-order valence-electron chi connectivity index (χ2n) is 4.88. The molecule has 1 aliphatic rings. The van der Waals surface area contributed by atoms with E-state index in [1.54, 1.807) is 7.11 Å². The van der Waals surface area contributed by atoms with Crippen LogP contribution in [0.5, 0.6) is 0 Å². The van der Waals surface area contributed by atoms with Crippen LogP contribution < -0.4 is 5.32 Å². The fourth-order valence-electron chi connectivity index (χ4n) is 2.76. The molecule has 18 heavy (non-hydrogen) atoms. The van der Waals surface area contributed by atoms with Crippen molar-refractivity contribution in [2.45, 2.75) is 25.6 Å². The Kier molecular flexibility index (Phi) is 5.17. The fraction of sp³-hybridized carbons (Fsp3) is 0.600. The molecule has 0 bridgehead atoms. The van der Waals surface area contributed by atoms with Crippen LogP contribution in [0.2, 0.25) is 0 Å². The van der Waals surface area contributed by atoms with Crippen molar-refractivity contribution in [3.8, 4) is 0 Å². The molecule has 0 spiro atoms. The minimum atomic E-state index is 0.206. The van der Waals surface area contributed by atoms with E-state index in [0.29, 0.717) is 12.5 Å². The molecule has 0 saturated carbocycles. The average molecular weight is 249 g/mol. The third-order valence-electron chi connectivity index (χ3n) is 3.57. The maximum absolute atomic E-state index is 6.02. The molecule has 1 fully saturated rings. The second kappa shape index (κ2) is 6.88. The molecule has 2 unspecified atom stereocenters. The predicted octanol–water partition coefficient (Wildman–Crippen LogP) is 2.52. The van der Waals surface area contributed by atoms with Crippen molar-refractivity contribution < 1.29 is 9.47 Å². The first kappa shape index (κ1) is 13.5. The second-order valence-corrected chi connectivity index (χ2v) is 4.88. The highest BCUT2D eigenvalue weighted by molar-refractivity contribution is 5.29. The quantitative estimate of drug-likeness (QED) is 0.870. The Hall–Kier alpha value is -0.900. The lowest BCUT2D eigenvalue weighted by Crippen LogP contribution is -2.30. The minimum absolute atomic E-state index is 0.206. The molecule has 1 aromatic carbocycles. The monoisotopic (exact) mass is 249 g/mol. The lowest BCUT2D eigenvalue weighted by molar-refractivity contribution is -0.0284. The minimum Gasteiger partial charge on any atom is -0.380 e. The van der Waals surface area contributed by atoms with Crippen LogP contribution in [0.4, 0.5) is 0 Å². The van der Waals surface area contributed by atoms with Crippen molar-refractivity contribution in [3.63, 3.8) is 0 Å². The Morgan fingerprint density at radius 3 is 3.00 bits per heavy atom. The summed E-state index contributed by atoms with van der Waals surface area (Å²) < 4.78 is 11.3. The average Bonchev–Trinajstić information content (AvgIpc) is 2.41. The third-order valence-corrected chi connectivity index (χ3v) is 3.57. The largest absolute Gasteiger partial charge is 0.380 e. The fourth-order valence-corrected chi connectivity index (χ4v) is 2.76. The van der Waals surface area contributed by atoms with Gasteiger partial charge < -0.3 is 14.8 Å². The number of hydrogen-bond donors (Lipinski definition) is 1. The van der Waals surface area contributed by atoms with E-state index in [1.165, 1.54) is 17.5 Å². The summed E-state index contributed by atoms with van der Waals surface area (Å²) in [4.78, 5) is 0. The normalized spacial score (nSPS) is 24.1. The van der Waals surface area contributed by atoms with Gasteiger partial charge in [0.2, 0.25) is 0 Å². The van der Waals surface area contributed by atoms with Crippen LogP contribution in [0.1, 0.15) is 30.1 Å². The maximum Gasteiger partial charge on any atom is 0.0868 e. The van der Waals surface area contributed by atoms with Crippen molar-refractivity contribution in [1.82, 2.24) is 5.32 Å². The molecule has 0 aromatic heterocycles. The molecule has 0 radical (unpaired) electrons. The van der Waals surface area contributed by atoms with Crippen LogP contribution in [0.25, 0.3) is 0 Å². The molecule has 1 aromatic rings. The van der Waals surface area contributed by atoms with Crippen LogP contribution in [0, 0.1) is 5.92 Å². The number of benzene rings is 1. The zero-order chi connectivity index (χ0) is 12.8. The van der Waals surface area contributed by atoms with Crippen molar-refractivity contribution in [2.24, 2.45) is 5.92 Å². The van der Waals surface area contributed by atoms with Gasteiger partial charge in [-0.3, -0.25) is 0 Å². The van der Waals surface area contributed by atoms with Crippen LogP contribution in [-0.4, -0.2) is 27.3 Å². The van der Waals surface area contributed by atoms with Gasteiger partial charge in [-0.25, -0.2) is 0 Å². The van der Waals surface area contributed by atoms with E-state index in [0.717, 1.165) is 19.6 Å². The lowest BCUT2D eigenvalue weighted by Gasteiger charge is -2.33. The predicted molar refractivity (Wildman–Crippen MR) is 72.5 cm³/mol. The molecule has 1 N–H and O–H groups in total. The van der Waals surface area contributed by atoms with Gasteiger partial charge in [-0.1, -0.05) is 24.3 Å². The number of ether oxygens (including phenoxy) is 2. The molecule has 3 nitrogen and oxygen atoms in total. The van der Waals surface area contributed by atoms with E-state index in [9.17, 15) is 0 Å². The van der Waals surface area contributed by atoms with Crippen LogP contribution in [0.3, 0.4) is 0 Å². The Morgan fingerprint density at radius 2 is 2.22 bits per heavy atom. The summed E-state index contributed by atoms with van der Waals surface area (Å²) in [6, 6.07) is 8.46. The van der Waals surface area contributed by atoms with Crippen LogP contribution in [-0.2, 0) is 16.1 Å². The van der Waals surface area contributed by atoms with E-state index in [2.05, 4.69) is 29.6 Å². The molecule has 1 aliphatic heterocycles. The Balaban J connectivity index is 2.21. The summed E-state index contributed by atoms with van der Waals surface area (Å²) in [5, 5.41) is 3.28. The smallest absolute Gasteiger partial charge is 0.0868 e. The topological polar surface area (TPSA) is 30.5 Å². The standard InChI is InChI=1S/C15H23NO2/c1-16-10-12-7-5-9-18-15(12)14-8-4-3-6-13(14)11-17-2/h3-4,6,8,12,15-16H,5,7,9-11H2,1-2H3. The first-order valence-electron chi connectivity index (χ1n) is 6.69. The van der Waals surface area contributed by atoms with Crippen LogP contribution >= 0.6 is 0 Å². The van der Waals surface area contributed by atoms with Crippen molar-refractivity contribution >= 4 is 0 Å². The van der Waals surface area contributed by atoms with Gasteiger partial charge in [0.15, 0.2) is 0 Å². The number of rotatable bonds is 5. The highest BCUT2D eigenvalue weighted by atomic mass is 16.5. The molecular weight excluding hydrogens is 226 g/mol. The highest BCUT2D eigenvalue weighted by Crippen LogP contribution is 2.35. The van der Waals surface area contributed by atoms with Gasteiger partial charge in [-0.2, -0.15) is 0 Å². The van der Waals surface area contributed by atoms with E-state index in [1.807, 2.05) is 7.05 Å². The molecule has 0 amide bonds. The summed E-state index contributed by atoms with van der Waals surface area (Å²) in [5.74, 6) is 0.557. The van der Waals surface area contributed by atoms with Gasteiger partial charge in [0, 0.05) is 26.2 Å². The number of methoxy groups -OCH3 is 1. The maximum atomic E-state index is 6.02. The molecule has 0 aliphatic carbocycles. The summed E-state index contributed by atoms with van der Waals surface area (Å²) in [5.41, 5.74) is 2.53. The highest BCUT2D eigenvalue weighted by Gasteiger charge is 2.28. The molecule has 2 atom stereocenters. The van der Waals surface area contributed by atoms with Gasteiger partial charge in [0.05, 0.1) is 12.7 Å². The van der Waals surface area contributed by atoms with Gasteiger partial charge >= 0.3 is 0 Å². The summed E-state index contributed by atoms with van der Waals surface area (Å²) in [6.45, 7) is 2.53. The molecular formula is C15H23NO2. The number of hydrogen-bond acceptors (Lipinski definition) is 3. The molecule has 2 rings (SSSR count). The molecule has 1 heterocycles. The Labute approximate surface area is 109 Å². The van der Waals surface area contributed by atoms with Gasteiger partial charge in [-0.15, -0.1) is 0 Å². The Morgan fingerprint density at radius 1 is 1.39 bits per heavy atom. The summed E-state index contributed by atoms with van der Waals surface area (Å²) in [7, 11) is 3.75. The van der Waals surface area contributed by atoms with Gasteiger partial charge in [0.1, 0.15) is 0 Å². The zero-order valence-corrected chi connectivity index (χ0v) is 11.3. The summed E-state index contributed by atoms with van der Waals surface area (Å²) >= 11 is 0. The lowest BCUT2D eigenvalue weighted by atomic mass is 9.87. The van der Waals surface area contributed by atoms with Crippen molar-refractivity contribution in [3.05, 3.63) is 35.4 Å². The molecule has 100 valence electrons. The van der Waals surface area contributed by atoms with Crippen molar-refractivity contribution in [1.29, 1.82) is 0 Å². The van der Waals surface area contributed by atoms with E-state index >= 15 is 0 Å². The van der Waals surface area contributed by atoms with E-state index in [4.69, 9.17) is 9.47 Å². The zero-order valence-electron chi connectivity index (χ0n) is 11.3. The first-order valence-corrected chi connectivity index (χ1v) is 6.69. The Bertz CT molecular complexity index is 365. The molecule has 1 saturated heterocycles.